The van der Waals surface area contributed by atoms with Gasteiger partial charge in [0, 0.05) is 18.0 Å². The maximum Gasteiger partial charge on any atom is 0.122 e. The number of hydrogen-bond donors (Lipinski definition) is 1. The first kappa shape index (κ1) is 13.6. The lowest BCUT2D eigenvalue weighted by Crippen LogP contribution is -2.04. The van der Waals surface area contributed by atoms with Crippen molar-refractivity contribution in [3.8, 4) is 5.75 Å². The van der Waals surface area contributed by atoms with Crippen LogP contribution in [0.1, 0.15) is 33.9 Å². The lowest BCUT2D eigenvalue weighted by molar-refractivity contribution is 0.219. The van der Waals surface area contributed by atoms with Crippen LogP contribution in [0.3, 0.4) is 0 Å². The summed E-state index contributed by atoms with van der Waals surface area (Å²) < 4.78 is 5.29. The third-order valence-corrected chi connectivity index (χ3v) is 3.29. The Hall–Kier alpha value is -1.87. The van der Waals surface area contributed by atoms with E-state index in [9.17, 15) is 5.11 Å². The van der Waals surface area contributed by atoms with E-state index in [1.165, 1.54) is 0 Å². The van der Waals surface area contributed by atoms with Crippen LogP contribution in [0.15, 0.2) is 30.6 Å². The molecule has 1 aromatic heterocycles. The minimum atomic E-state index is -0.656. The van der Waals surface area contributed by atoms with Crippen molar-refractivity contribution >= 4 is 0 Å². The number of methoxy groups -OCH3 is 1. The molecule has 1 N–H and O–H groups in total. The molecule has 0 saturated heterocycles. The quantitative estimate of drug-likeness (QED) is 0.918. The van der Waals surface area contributed by atoms with E-state index in [1.54, 1.807) is 19.5 Å². The summed E-state index contributed by atoms with van der Waals surface area (Å²) in [5.41, 5.74) is 4.78. The average molecular weight is 257 g/mol. The zero-order chi connectivity index (χ0) is 14.0. The van der Waals surface area contributed by atoms with Gasteiger partial charge in [0.05, 0.1) is 7.11 Å². The topological polar surface area (TPSA) is 42.4 Å². The molecule has 19 heavy (non-hydrogen) atoms. The van der Waals surface area contributed by atoms with Gasteiger partial charge in [-0.05, 0) is 55.2 Å². The van der Waals surface area contributed by atoms with Crippen LogP contribution in [0.25, 0.3) is 0 Å². The van der Waals surface area contributed by atoms with Crippen LogP contribution < -0.4 is 4.74 Å². The zero-order valence-corrected chi connectivity index (χ0v) is 11.8. The van der Waals surface area contributed by atoms with Gasteiger partial charge in [-0.15, -0.1) is 0 Å². The smallest absolute Gasteiger partial charge is 0.122 e. The third-order valence-electron chi connectivity index (χ3n) is 3.29. The van der Waals surface area contributed by atoms with E-state index >= 15 is 0 Å². The largest absolute Gasteiger partial charge is 0.496 e. The van der Waals surface area contributed by atoms with Gasteiger partial charge in [0.1, 0.15) is 11.9 Å². The molecule has 0 aliphatic carbocycles. The number of pyridine rings is 1. The molecule has 2 rings (SSSR count). The van der Waals surface area contributed by atoms with Crippen molar-refractivity contribution in [2.75, 3.05) is 7.11 Å². The Kier molecular flexibility index (Phi) is 3.86. The van der Waals surface area contributed by atoms with Gasteiger partial charge in [-0.1, -0.05) is 6.07 Å². The Morgan fingerprint density at radius 2 is 1.79 bits per heavy atom. The van der Waals surface area contributed by atoms with Crippen molar-refractivity contribution in [3.05, 3.63) is 58.4 Å². The number of ether oxygens (including phenoxy) is 1. The highest BCUT2D eigenvalue weighted by Gasteiger charge is 2.15. The number of aryl methyl sites for hydroxylation is 3. The van der Waals surface area contributed by atoms with Crippen molar-refractivity contribution in [3.63, 3.8) is 0 Å². The van der Waals surface area contributed by atoms with E-state index in [2.05, 4.69) is 4.98 Å². The fourth-order valence-electron chi connectivity index (χ4n) is 2.23. The number of aliphatic hydroxyl groups excluding tert-OH is 1. The van der Waals surface area contributed by atoms with Gasteiger partial charge in [-0.25, -0.2) is 0 Å². The first-order valence-corrected chi connectivity index (χ1v) is 6.27. The summed E-state index contributed by atoms with van der Waals surface area (Å²) in [4.78, 5) is 4.13. The molecule has 3 nitrogen and oxygen atoms in total. The Bertz CT molecular complexity index is 593. The minimum Gasteiger partial charge on any atom is -0.496 e. The number of benzene rings is 1. The summed E-state index contributed by atoms with van der Waals surface area (Å²) in [6, 6.07) is 5.88. The predicted molar refractivity (Wildman–Crippen MR) is 75.5 cm³/mol. The fourth-order valence-corrected chi connectivity index (χ4v) is 2.23. The molecule has 0 aliphatic rings. The Labute approximate surface area is 113 Å². The van der Waals surface area contributed by atoms with Crippen LogP contribution in [0.2, 0.25) is 0 Å². The van der Waals surface area contributed by atoms with Crippen LogP contribution in [-0.4, -0.2) is 17.2 Å². The van der Waals surface area contributed by atoms with Crippen LogP contribution >= 0.6 is 0 Å². The molecule has 0 bridgehead atoms. The van der Waals surface area contributed by atoms with E-state index in [4.69, 9.17) is 4.74 Å². The summed E-state index contributed by atoms with van der Waals surface area (Å²) in [6.07, 6.45) is 2.83. The van der Waals surface area contributed by atoms with Crippen LogP contribution in [0, 0.1) is 20.8 Å². The van der Waals surface area contributed by atoms with E-state index in [1.807, 2.05) is 39.0 Å². The SMILES string of the molecule is COc1cc(C)c(C(O)c2cncc(C)c2)cc1C. The molecule has 0 aliphatic heterocycles. The summed E-state index contributed by atoms with van der Waals surface area (Å²) >= 11 is 0. The summed E-state index contributed by atoms with van der Waals surface area (Å²) in [6.45, 7) is 5.92. The van der Waals surface area contributed by atoms with E-state index < -0.39 is 6.10 Å². The van der Waals surface area contributed by atoms with Gasteiger partial charge in [0.25, 0.3) is 0 Å². The van der Waals surface area contributed by atoms with Gasteiger partial charge in [0.2, 0.25) is 0 Å². The molecule has 0 amide bonds. The first-order chi connectivity index (χ1) is 9.02. The molecule has 1 atom stereocenters. The summed E-state index contributed by atoms with van der Waals surface area (Å²) in [7, 11) is 1.66. The standard InChI is InChI=1S/C16H19NO2/c1-10-5-13(9-17-8-10)16(18)14-6-12(3)15(19-4)7-11(14)2/h5-9,16,18H,1-4H3. The lowest BCUT2D eigenvalue weighted by Gasteiger charge is -2.17. The van der Waals surface area contributed by atoms with E-state index in [0.717, 1.165) is 33.6 Å². The number of rotatable bonds is 3. The second-order valence-electron chi connectivity index (χ2n) is 4.88. The highest BCUT2D eigenvalue weighted by atomic mass is 16.5. The van der Waals surface area contributed by atoms with Gasteiger partial charge >= 0.3 is 0 Å². The molecule has 0 saturated carbocycles. The Balaban J connectivity index is 2.44. The van der Waals surface area contributed by atoms with Crippen LogP contribution in [0.4, 0.5) is 0 Å². The highest BCUT2D eigenvalue weighted by Crippen LogP contribution is 2.30. The van der Waals surface area contributed by atoms with Crippen molar-refractivity contribution in [2.24, 2.45) is 0 Å². The predicted octanol–water partition coefficient (Wildman–Crippen LogP) is 3.10. The molecule has 0 spiro atoms. The molecular weight excluding hydrogens is 238 g/mol. The molecule has 100 valence electrons. The van der Waals surface area contributed by atoms with Gasteiger partial charge in [0.15, 0.2) is 0 Å². The second kappa shape index (κ2) is 5.41. The lowest BCUT2D eigenvalue weighted by atomic mass is 9.95. The van der Waals surface area contributed by atoms with Gasteiger partial charge in [-0.3, -0.25) is 4.98 Å². The van der Waals surface area contributed by atoms with Crippen molar-refractivity contribution in [2.45, 2.75) is 26.9 Å². The van der Waals surface area contributed by atoms with Gasteiger partial charge < -0.3 is 9.84 Å². The number of hydrogen-bond acceptors (Lipinski definition) is 3. The van der Waals surface area contributed by atoms with Crippen molar-refractivity contribution in [1.82, 2.24) is 4.98 Å². The number of aromatic nitrogens is 1. The molecule has 3 heteroatoms. The molecule has 0 fully saturated rings. The zero-order valence-electron chi connectivity index (χ0n) is 11.8. The monoisotopic (exact) mass is 257 g/mol. The van der Waals surface area contributed by atoms with E-state index in [0.29, 0.717) is 0 Å². The first-order valence-electron chi connectivity index (χ1n) is 6.27. The molecule has 1 aromatic carbocycles. The maximum absolute atomic E-state index is 10.5. The minimum absolute atomic E-state index is 0.656. The third kappa shape index (κ3) is 2.76. The fraction of sp³-hybridized carbons (Fsp3) is 0.312. The summed E-state index contributed by atoms with van der Waals surface area (Å²) in [5, 5.41) is 10.5. The van der Waals surface area contributed by atoms with E-state index in [-0.39, 0.29) is 0 Å². The van der Waals surface area contributed by atoms with Crippen molar-refractivity contribution in [1.29, 1.82) is 0 Å². The van der Waals surface area contributed by atoms with Crippen LogP contribution in [-0.2, 0) is 0 Å². The highest BCUT2D eigenvalue weighted by molar-refractivity contribution is 5.44. The molecule has 0 radical (unpaired) electrons. The number of aliphatic hydroxyl groups is 1. The van der Waals surface area contributed by atoms with Gasteiger partial charge in [-0.2, -0.15) is 0 Å². The number of nitrogens with zero attached hydrogens (tertiary/aromatic N) is 1. The normalized spacial score (nSPS) is 12.3. The Morgan fingerprint density at radius 3 is 2.42 bits per heavy atom. The molecule has 1 unspecified atom stereocenters. The van der Waals surface area contributed by atoms with Crippen LogP contribution in [0.5, 0.6) is 5.75 Å². The summed E-state index contributed by atoms with van der Waals surface area (Å²) in [5.74, 6) is 0.843. The average Bonchev–Trinajstić information content (AvgIpc) is 2.40. The molecule has 2 aromatic rings. The molecule has 1 heterocycles. The maximum atomic E-state index is 10.5. The second-order valence-corrected chi connectivity index (χ2v) is 4.88. The molecular formula is C16H19NO2. The Morgan fingerprint density at radius 1 is 1.05 bits per heavy atom. The van der Waals surface area contributed by atoms with Crippen molar-refractivity contribution < 1.29 is 9.84 Å².